The van der Waals surface area contributed by atoms with Crippen LogP contribution in [0.3, 0.4) is 0 Å². The van der Waals surface area contributed by atoms with E-state index in [1.54, 1.807) is 21.0 Å². The van der Waals surface area contributed by atoms with E-state index in [0.29, 0.717) is 19.8 Å². The fourth-order valence-electron chi connectivity index (χ4n) is 0.882. The Morgan fingerprint density at radius 1 is 1.20 bits per heavy atom. The average molecular weight is 219 g/mol. The highest BCUT2D eigenvalue weighted by atomic mass is 16.6. The van der Waals surface area contributed by atoms with E-state index >= 15 is 0 Å². The summed E-state index contributed by atoms with van der Waals surface area (Å²) < 4.78 is 14.8. The van der Waals surface area contributed by atoms with Crippen molar-refractivity contribution in [2.24, 2.45) is 5.73 Å². The lowest BCUT2D eigenvalue weighted by atomic mass is 10.0. The number of carbonyl (C=O) groups is 1. The summed E-state index contributed by atoms with van der Waals surface area (Å²) in [5, 5.41) is 0. The molecule has 0 saturated carbocycles. The van der Waals surface area contributed by atoms with Crippen LogP contribution >= 0.6 is 0 Å². The summed E-state index contributed by atoms with van der Waals surface area (Å²) in [6.07, 6.45) is 0.213. The number of hydrogen-bond acceptors (Lipinski definition) is 5. The van der Waals surface area contributed by atoms with Crippen LogP contribution in [0, 0.1) is 0 Å². The fourth-order valence-corrected chi connectivity index (χ4v) is 0.882. The molecule has 0 amide bonds. The van der Waals surface area contributed by atoms with E-state index in [1.807, 2.05) is 0 Å². The van der Waals surface area contributed by atoms with Gasteiger partial charge in [-0.3, -0.25) is 4.79 Å². The van der Waals surface area contributed by atoms with Gasteiger partial charge in [-0.15, -0.1) is 0 Å². The van der Waals surface area contributed by atoms with E-state index < -0.39 is 5.54 Å². The second kappa shape index (κ2) is 7.62. The van der Waals surface area contributed by atoms with Crippen LogP contribution in [-0.2, 0) is 19.0 Å². The molecular weight excluding hydrogens is 198 g/mol. The molecule has 0 spiro atoms. The van der Waals surface area contributed by atoms with Crippen molar-refractivity contribution in [1.82, 2.24) is 0 Å². The van der Waals surface area contributed by atoms with Gasteiger partial charge in [-0.1, -0.05) is 0 Å². The average Bonchev–Trinajstić information content (AvgIpc) is 2.08. The van der Waals surface area contributed by atoms with Gasteiger partial charge in [-0.25, -0.2) is 0 Å². The molecule has 0 aliphatic carbocycles. The van der Waals surface area contributed by atoms with Crippen LogP contribution in [0.4, 0.5) is 0 Å². The Kier molecular flexibility index (Phi) is 7.29. The number of hydrogen-bond donors (Lipinski definition) is 1. The quantitative estimate of drug-likeness (QED) is 0.470. The monoisotopic (exact) mass is 219 g/mol. The maximum atomic E-state index is 11.2. The van der Waals surface area contributed by atoms with Gasteiger partial charge in [0.1, 0.15) is 6.61 Å². The highest BCUT2D eigenvalue weighted by Crippen LogP contribution is 2.04. The van der Waals surface area contributed by atoms with Crippen molar-refractivity contribution in [3.8, 4) is 0 Å². The van der Waals surface area contributed by atoms with Crippen molar-refractivity contribution in [3.63, 3.8) is 0 Å². The van der Waals surface area contributed by atoms with Crippen molar-refractivity contribution in [2.45, 2.75) is 25.8 Å². The lowest BCUT2D eigenvalue weighted by Crippen LogP contribution is -2.35. The van der Waals surface area contributed by atoms with Gasteiger partial charge in [-0.05, 0) is 13.8 Å². The van der Waals surface area contributed by atoms with E-state index in [-0.39, 0.29) is 19.0 Å². The van der Waals surface area contributed by atoms with Crippen LogP contribution in [0.15, 0.2) is 0 Å². The molecule has 2 N–H and O–H groups in total. The maximum absolute atomic E-state index is 11.2. The third-order valence-electron chi connectivity index (χ3n) is 1.52. The van der Waals surface area contributed by atoms with Gasteiger partial charge in [0, 0.05) is 12.6 Å². The summed E-state index contributed by atoms with van der Waals surface area (Å²) in [6.45, 7) is 5.27. The van der Waals surface area contributed by atoms with E-state index in [2.05, 4.69) is 0 Å². The zero-order valence-corrected chi connectivity index (χ0v) is 9.75. The number of esters is 1. The molecule has 5 nitrogen and oxygen atoms in total. The first-order valence-electron chi connectivity index (χ1n) is 4.97. The van der Waals surface area contributed by atoms with Crippen molar-refractivity contribution in [2.75, 3.05) is 33.5 Å². The first kappa shape index (κ1) is 14.3. The second-order valence-electron chi connectivity index (χ2n) is 3.99. The molecule has 5 heteroatoms. The molecule has 0 atom stereocenters. The highest BCUT2D eigenvalue weighted by Gasteiger charge is 2.17. The predicted molar refractivity (Wildman–Crippen MR) is 56.5 cm³/mol. The molecule has 0 aromatic rings. The molecule has 0 radical (unpaired) electrons. The maximum Gasteiger partial charge on any atom is 0.307 e. The molecule has 0 aliphatic heterocycles. The van der Waals surface area contributed by atoms with Gasteiger partial charge >= 0.3 is 5.97 Å². The summed E-state index contributed by atoms with van der Waals surface area (Å²) in [5.41, 5.74) is 5.14. The molecule has 0 rings (SSSR count). The molecule has 90 valence electrons. The Morgan fingerprint density at radius 2 is 1.80 bits per heavy atom. The van der Waals surface area contributed by atoms with Gasteiger partial charge in [-0.2, -0.15) is 0 Å². The lowest BCUT2D eigenvalue weighted by molar-refractivity contribution is -0.146. The van der Waals surface area contributed by atoms with Gasteiger partial charge < -0.3 is 19.9 Å². The Hall–Kier alpha value is -0.650. The number of carbonyl (C=O) groups excluding carboxylic acids is 1. The third kappa shape index (κ3) is 11.3. The van der Waals surface area contributed by atoms with Gasteiger partial charge in [0.25, 0.3) is 0 Å². The highest BCUT2D eigenvalue weighted by molar-refractivity contribution is 5.70. The zero-order valence-electron chi connectivity index (χ0n) is 9.75. The summed E-state index contributed by atoms with van der Waals surface area (Å²) >= 11 is 0. The van der Waals surface area contributed by atoms with Crippen molar-refractivity contribution >= 4 is 5.97 Å². The van der Waals surface area contributed by atoms with Crippen LogP contribution in [0.2, 0.25) is 0 Å². The number of ether oxygens (including phenoxy) is 3. The summed E-state index contributed by atoms with van der Waals surface area (Å²) in [6, 6.07) is 0. The van der Waals surface area contributed by atoms with Crippen LogP contribution in [-0.4, -0.2) is 45.0 Å². The van der Waals surface area contributed by atoms with Crippen molar-refractivity contribution in [3.05, 3.63) is 0 Å². The number of nitrogens with two attached hydrogens (primary N) is 1. The second-order valence-corrected chi connectivity index (χ2v) is 3.99. The summed E-state index contributed by atoms with van der Waals surface area (Å²) in [4.78, 5) is 11.2. The minimum Gasteiger partial charge on any atom is -0.463 e. The molecular formula is C10H21NO4. The Morgan fingerprint density at radius 3 is 2.33 bits per heavy atom. The Labute approximate surface area is 90.9 Å². The predicted octanol–water partition coefficient (Wildman–Crippen LogP) is 0.320. The molecule has 0 saturated heterocycles. The first-order valence-corrected chi connectivity index (χ1v) is 4.97. The van der Waals surface area contributed by atoms with Gasteiger partial charge in [0.15, 0.2) is 0 Å². The van der Waals surface area contributed by atoms with Crippen LogP contribution in [0.25, 0.3) is 0 Å². The smallest absolute Gasteiger partial charge is 0.307 e. The molecule has 0 aliphatic rings. The number of rotatable bonds is 8. The molecule has 0 aromatic heterocycles. The van der Waals surface area contributed by atoms with Crippen LogP contribution < -0.4 is 5.73 Å². The first-order chi connectivity index (χ1) is 6.95. The minimum atomic E-state index is -0.520. The van der Waals surface area contributed by atoms with E-state index in [9.17, 15) is 4.79 Å². The molecule has 0 bridgehead atoms. The van der Waals surface area contributed by atoms with Crippen molar-refractivity contribution in [1.29, 1.82) is 0 Å². The molecule has 15 heavy (non-hydrogen) atoms. The van der Waals surface area contributed by atoms with Crippen LogP contribution in [0.5, 0.6) is 0 Å². The van der Waals surface area contributed by atoms with E-state index in [4.69, 9.17) is 19.9 Å². The normalized spacial score (nSPS) is 11.5. The fraction of sp³-hybridized carbons (Fsp3) is 0.900. The van der Waals surface area contributed by atoms with E-state index in [0.717, 1.165) is 0 Å². The third-order valence-corrected chi connectivity index (χ3v) is 1.52. The number of methoxy groups -OCH3 is 1. The standard InChI is InChI=1S/C10H21NO4/c1-10(2,11)8-9(12)15-7-6-14-5-4-13-3/h4-8,11H2,1-3H3. The molecule has 0 unspecified atom stereocenters. The summed E-state index contributed by atoms with van der Waals surface area (Å²) in [5.74, 6) is -0.294. The van der Waals surface area contributed by atoms with Gasteiger partial charge in [0.2, 0.25) is 0 Å². The molecule has 0 aromatic carbocycles. The van der Waals surface area contributed by atoms with Crippen LogP contribution in [0.1, 0.15) is 20.3 Å². The largest absolute Gasteiger partial charge is 0.463 e. The Balaban J connectivity index is 3.32. The topological polar surface area (TPSA) is 70.8 Å². The molecule has 0 heterocycles. The summed E-state index contributed by atoms with van der Waals surface area (Å²) in [7, 11) is 1.60. The van der Waals surface area contributed by atoms with Gasteiger partial charge in [0.05, 0.1) is 26.2 Å². The minimum absolute atomic E-state index is 0.213. The SMILES string of the molecule is COCCOCCOC(=O)CC(C)(C)N. The lowest BCUT2D eigenvalue weighted by Gasteiger charge is -2.16. The Bertz CT molecular complexity index is 177. The zero-order chi connectivity index (χ0) is 11.7. The van der Waals surface area contributed by atoms with Crippen molar-refractivity contribution < 1.29 is 19.0 Å². The molecule has 0 fully saturated rings. The van der Waals surface area contributed by atoms with E-state index in [1.165, 1.54) is 0 Å².